The first kappa shape index (κ1) is 12.8. The highest BCUT2D eigenvalue weighted by atomic mass is 32.1. The van der Waals surface area contributed by atoms with Crippen molar-refractivity contribution in [3.63, 3.8) is 0 Å². The molecule has 6 heteroatoms. The average Bonchev–Trinajstić information content (AvgIpc) is 3.12. The van der Waals surface area contributed by atoms with Gasteiger partial charge in [0.1, 0.15) is 16.9 Å². The van der Waals surface area contributed by atoms with E-state index >= 15 is 0 Å². The highest BCUT2D eigenvalue weighted by Gasteiger charge is 2.28. The zero-order chi connectivity index (χ0) is 14.4. The van der Waals surface area contributed by atoms with Gasteiger partial charge in [-0.25, -0.2) is 9.97 Å². The molecular formula is C15H17N5S. The van der Waals surface area contributed by atoms with Crippen molar-refractivity contribution in [2.24, 2.45) is 7.05 Å². The van der Waals surface area contributed by atoms with Gasteiger partial charge >= 0.3 is 0 Å². The van der Waals surface area contributed by atoms with Crippen LogP contribution in [0, 0.1) is 6.92 Å². The fourth-order valence-corrected chi connectivity index (χ4v) is 3.23. The Morgan fingerprint density at radius 2 is 2.24 bits per heavy atom. The molecule has 108 valence electrons. The maximum atomic E-state index is 4.76. The molecule has 0 unspecified atom stereocenters. The van der Waals surface area contributed by atoms with Gasteiger partial charge in [0.2, 0.25) is 0 Å². The van der Waals surface area contributed by atoms with Gasteiger partial charge in [0.15, 0.2) is 5.82 Å². The van der Waals surface area contributed by atoms with E-state index in [4.69, 9.17) is 9.97 Å². The minimum atomic E-state index is 0.538. The van der Waals surface area contributed by atoms with Crippen LogP contribution in [0.25, 0.3) is 11.0 Å². The minimum absolute atomic E-state index is 0.538. The number of rotatable bonds is 4. The lowest BCUT2D eigenvalue weighted by Crippen LogP contribution is -2.06. The predicted molar refractivity (Wildman–Crippen MR) is 84.7 cm³/mol. The quantitative estimate of drug-likeness (QED) is 0.803. The fraction of sp³-hybridized carbons (Fsp3) is 0.400. The van der Waals surface area contributed by atoms with Crippen molar-refractivity contribution in [2.75, 3.05) is 5.32 Å². The summed E-state index contributed by atoms with van der Waals surface area (Å²) in [7, 11) is 1.95. The number of nitrogens with one attached hydrogen (secondary N) is 1. The van der Waals surface area contributed by atoms with Crippen molar-refractivity contribution in [1.82, 2.24) is 19.7 Å². The van der Waals surface area contributed by atoms with Gasteiger partial charge in [-0.3, -0.25) is 4.68 Å². The summed E-state index contributed by atoms with van der Waals surface area (Å²) in [6.07, 6.45) is 2.41. The van der Waals surface area contributed by atoms with Crippen LogP contribution >= 0.6 is 11.3 Å². The van der Waals surface area contributed by atoms with Crippen LogP contribution in [0.5, 0.6) is 0 Å². The summed E-state index contributed by atoms with van der Waals surface area (Å²) in [5.74, 6) is 2.40. The topological polar surface area (TPSA) is 55.6 Å². The highest BCUT2D eigenvalue weighted by Crippen LogP contribution is 2.39. The number of nitrogens with zero attached hydrogens (tertiary/aromatic N) is 4. The van der Waals surface area contributed by atoms with Gasteiger partial charge in [-0.1, -0.05) is 6.07 Å². The van der Waals surface area contributed by atoms with Crippen molar-refractivity contribution in [3.8, 4) is 0 Å². The molecule has 0 atom stereocenters. The van der Waals surface area contributed by atoms with Gasteiger partial charge in [0, 0.05) is 17.8 Å². The molecule has 1 aliphatic rings. The molecule has 1 saturated carbocycles. The van der Waals surface area contributed by atoms with Gasteiger partial charge in [0.25, 0.3) is 0 Å². The van der Waals surface area contributed by atoms with Gasteiger partial charge in [-0.2, -0.15) is 5.10 Å². The second kappa shape index (κ2) is 4.80. The van der Waals surface area contributed by atoms with Crippen LogP contribution in [0.3, 0.4) is 0 Å². The molecule has 4 rings (SSSR count). The maximum Gasteiger partial charge on any atom is 0.156 e. The molecule has 0 bridgehead atoms. The molecule has 1 fully saturated rings. The van der Waals surface area contributed by atoms with E-state index in [1.54, 1.807) is 11.3 Å². The van der Waals surface area contributed by atoms with Crippen molar-refractivity contribution in [2.45, 2.75) is 32.2 Å². The third-order valence-corrected chi connectivity index (χ3v) is 4.70. The number of aromatic nitrogens is 4. The smallest absolute Gasteiger partial charge is 0.156 e. The molecule has 5 nitrogen and oxygen atoms in total. The molecule has 3 aromatic heterocycles. The standard InChI is InChI=1S/C15H17N5S/c1-9-12-13(20(2)19-9)15(16-8-11-4-3-7-21-11)18-14(17-12)10-5-6-10/h3-4,7,10H,5-6,8H2,1-2H3,(H,16,17,18). The fourth-order valence-electron chi connectivity index (χ4n) is 2.58. The van der Waals surface area contributed by atoms with E-state index in [0.717, 1.165) is 34.9 Å². The highest BCUT2D eigenvalue weighted by molar-refractivity contribution is 7.09. The Kier molecular flexibility index (Phi) is 2.92. The van der Waals surface area contributed by atoms with E-state index in [0.29, 0.717) is 5.92 Å². The first-order valence-corrected chi connectivity index (χ1v) is 8.08. The van der Waals surface area contributed by atoms with Crippen LogP contribution in [-0.4, -0.2) is 19.7 Å². The van der Waals surface area contributed by atoms with Gasteiger partial charge in [-0.15, -0.1) is 11.3 Å². The number of fused-ring (bicyclic) bond motifs is 1. The monoisotopic (exact) mass is 299 g/mol. The summed E-state index contributed by atoms with van der Waals surface area (Å²) in [5.41, 5.74) is 2.94. The van der Waals surface area contributed by atoms with Crippen LogP contribution in [-0.2, 0) is 13.6 Å². The molecule has 0 radical (unpaired) electrons. The Morgan fingerprint density at radius 3 is 2.95 bits per heavy atom. The normalized spacial score (nSPS) is 14.8. The van der Waals surface area contributed by atoms with Gasteiger partial charge < -0.3 is 5.32 Å². The molecule has 0 aromatic carbocycles. The summed E-state index contributed by atoms with van der Waals surface area (Å²) in [4.78, 5) is 10.8. The lowest BCUT2D eigenvalue weighted by Gasteiger charge is -2.08. The molecule has 3 heterocycles. The van der Waals surface area contributed by atoms with Gasteiger partial charge in [-0.05, 0) is 31.2 Å². The molecule has 1 N–H and O–H groups in total. The zero-order valence-electron chi connectivity index (χ0n) is 12.1. The molecule has 3 aromatic rings. The molecule has 0 spiro atoms. The molecule has 0 saturated heterocycles. The Hall–Kier alpha value is -1.95. The third-order valence-electron chi connectivity index (χ3n) is 3.82. The minimum Gasteiger partial charge on any atom is -0.363 e. The number of hydrogen-bond donors (Lipinski definition) is 1. The van der Waals surface area contributed by atoms with Crippen LogP contribution in [0.2, 0.25) is 0 Å². The first-order chi connectivity index (χ1) is 10.2. The second-order valence-electron chi connectivity index (χ2n) is 5.54. The molecule has 1 aliphatic carbocycles. The van der Waals surface area contributed by atoms with Crippen LogP contribution in [0.4, 0.5) is 5.82 Å². The summed E-state index contributed by atoms with van der Waals surface area (Å²) < 4.78 is 1.87. The summed E-state index contributed by atoms with van der Waals surface area (Å²) in [6, 6.07) is 4.20. The Morgan fingerprint density at radius 1 is 1.38 bits per heavy atom. The van der Waals surface area contributed by atoms with E-state index in [9.17, 15) is 0 Å². The maximum absolute atomic E-state index is 4.76. The predicted octanol–water partition coefficient (Wildman–Crippen LogP) is 3.22. The number of thiophene rings is 1. The van der Waals surface area contributed by atoms with Crippen LogP contribution < -0.4 is 5.32 Å². The van der Waals surface area contributed by atoms with Crippen LogP contribution in [0.1, 0.15) is 35.2 Å². The number of aryl methyl sites for hydroxylation is 2. The lowest BCUT2D eigenvalue weighted by molar-refractivity contribution is 0.781. The average molecular weight is 299 g/mol. The van der Waals surface area contributed by atoms with Crippen molar-refractivity contribution in [1.29, 1.82) is 0 Å². The number of anilines is 1. The van der Waals surface area contributed by atoms with Crippen molar-refractivity contribution in [3.05, 3.63) is 33.9 Å². The zero-order valence-corrected chi connectivity index (χ0v) is 12.9. The Balaban J connectivity index is 1.77. The molecule has 0 amide bonds. The third kappa shape index (κ3) is 2.29. The van der Waals surface area contributed by atoms with Crippen molar-refractivity contribution < 1.29 is 0 Å². The second-order valence-corrected chi connectivity index (χ2v) is 6.58. The lowest BCUT2D eigenvalue weighted by atomic mass is 10.3. The SMILES string of the molecule is Cc1nn(C)c2c(NCc3cccs3)nc(C3CC3)nc12. The molecular weight excluding hydrogens is 282 g/mol. The largest absolute Gasteiger partial charge is 0.363 e. The summed E-state index contributed by atoms with van der Waals surface area (Å²) >= 11 is 1.75. The summed E-state index contributed by atoms with van der Waals surface area (Å²) in [5, 5.41) is 10.1. The number of hydrogen-bond acceptors (Lipinski definition) is 5. The van der Waals surface area contributed by atoms with Crippen LogP contribution in [0.15, 0.2) is 17.5 Å². The Bertz CT molecular complexity index is 786. The van der Waals surface area contributed by atoms with E-state index in [-0.39, 0.29) is 0 Å². The Labute approximate surface area is 127 Å². The first-order valence-electron chi connectivity index (χ1n) is 7.20. The molecule has 0 aliphatic heterocycles. The van der Waals surface area contributed by atoms with E-state index in [2.05, 4.69) is 27.9 Å². The van der Waals surface area contributed by atoms with Gasteiger partial charge in [0.05, 0.1) is 12.2 Å². The van der Waals surface area contributed by atoms with E-state index in [1.165, 1.54) is 17.7 Å². The van der Waals surface area contributed by atoms with E-state index in [1.807, 2.05) is 18.7 Å². The van der Waals surface area contributed by atoms with E-state index < -0.39 is 0 Å². The molecule has 21 heavy (non-hydrogen) atoms. The van der Waals surface area contributed by atoms with Crippen molar-refractivity contribution >= 4 is 28.2 Å². The summed E-state index contributed by atoms with van der Waals surface area (Å²) in [6.45, 7) is 2.80.